The molecule has 90 valence electrons. The van der Waals surface area contributed by atoms with Crippen molar-refractivity contribution in [3.05, 3.63) is 52.6 Å². The summed E-state index contributed by atoms with van der Waals surface area (Å²) in [5.41, 5.74) is 7.82. The summed E-state index contributed by atoms with van der Waals surface area (Å²) in [6.45, 7) is 0.418. The summed E-state index contributed by atoms with van der Waals surface area (Å²) in [7, 11) is 1.89. The van der Waals surface area contributed by atoms with Crippen molar-refractivity contribution in [2.24, 2.45) is 12.8 Å². The third kappa shape index (κ3) is 2.68. The highest BCUT2D eigenvalue weighted by Crippen LogP contribution is 2.18. The average Bonchev–Trinajstić information content (AvgIpc) is 2.65. The van der Waals surface area contributed by atoms with Gasteiger partial charge in [0.15, 0.2) is 0 Å². The van der Waals surface area contributed by atoms with E-state index in [1.165, 1.54) is 5.56 Å². The van der Waals surface area contributed by atoms with Crippen LogP contribution in [-0.4, -0.2) is 9.55 Å². The van der Waals surface area contributed by atoms with E-state index < -0.39 is 0 Å². The van der Waals surface area contributed by atoms with Gasteiger partial charge in [0, 0.05) is 7.05 Å². The zero-order valence-corrected chi connectivity index (χ0v) is 10.6. The Morgan fingerprint density at radius 2 is 1.94 bits per heavy atom. The van der Waals surface area contributed by atoms with Crippen LogP contribution >= 0.6 is 11.6 Å². The maximum absolute atomic E-state index is 6.20. The van der Waals surface area contributed by atoms with Crippen LogP contribution in [0.15, 0.2) is 30.3 Å². The maximum atomic E-state index is 6.20. The third-order valence-corrected chi connectivity index (χ3v) is 3.33. The number of nitrogens with two attached hydrogens (primary N) is 1. The Morgan fingerprint density at radius 3 is 2.53 bits per heavy atom. The molecule has 0 amide bonds. The number of halogens is 1. The molecule has 3 nitrogen and oxygen atoms in total. The summed E-state index contributed by atoms with van der Waals surface area (Å²) >= 11 is 6.20. The van der Waals surface area contributed by atoms with E-state index in [9.17, 15) is 0 Å². The first-order chi connectivity index (χ1) is 8.22. The van der Waals surface area contributed by atoms with E-state index in [1.54, 1.807) is 0 Å². The molecule has 0 bridgehead atoms. The highest BCUT2D eigenvalue weighted by Gasteiger charge is 2.11. The molecule has 0 radical (unpaired) electrons. The van der Waals surface area contributed by atoms with Crippen LogP contribution in [0.25, 0.3) is 0 Å². The number of imidazole rings is 1. The van der Waals surface area contributed by atoms with E-state index >= 15 is 0 Å². The van der Waals surface area contributed by atoms with Crippen LogP contribution in [0.5, 0.6) is 0 Å². The van der Waals surface area contributed by atoms with Crippen molar-refractivity contribution in [1.29, 1.82) is 0 Å². The molecule has 4 heteroatoms. The van der Waals surface area contributed by atoms with Crippen molar-refractivity contribution < 1.29 is 0 Å². The maximum Gasteiger partial charge on any atom is 0.131 e. The molecule has 0 atom stereocenters. The van der Waals surface area contributed by atoms with Gasteiger partial charge in [-0.15, -0.1) is 0 Å². The highest BCUT2D eigenvalue weighted by atomic mass is 35.5. The SMILES string of the molecule is Cn1c(CN)nc(CCc2ccccc2)c1Cl. The molecular weight excluding hydrogens is 234 g/mol. The molecule has 17 heavy (non-hydrogen) atoms. The normalized spacial score (nSPS) is 10.8. The van der Waals surface area contributed by atoms with Crippen molar-refractivity contribution >= 4 is 11.6 Å². The number of aromatic nitrogens is 2. The first-order valence-electron chi connectivity index (χ1n) is 5.66. The van der Waals surface area contributed by atoms with Gasteiger partial charge in [-0.1, -0.05) is 41.9 Å². The van der Waals surface area contributed by atoms with Gasteiger partial charge in [0.25, 0.3) is 0 Å². The van der Waals surface area contributed by atoms with E-state index in [0.29, 0.717) is 11.7 Å². The molecule has 1 heterocycles. The average molecular weight is 250 g/mol. The summed E-state index contributed by atoms with van der Waals surface area (Å²) in [4.78, 5) is 4.45. The van der Waals surface area contributed by atoms with Crippen molar-refractivity contribution in [2.75, 3.05) is 0 Å². The molecule has 0 unspecified atom stereocenters. The zero-order valence-electron chi connectivity index (χ0n) is 9.86. The lowest BCUT2D eigenvalue weighted by molar-refractivity contribution is 0.793. The Morgan fingerprint density at radius 1 is 1.24 bits per heavy atom. The molecule has 2 aromatic rings. The van der Waals surface area contributed by atoms with Gasteiger partial charge in [-0.25, -0.2) is 4.98 Å². The van der Waals surface area contributed by atoms with Gasteiger partial charge >= 0.3 is 0 Å². The number of rotatable bonds is 4. The minimum Gasteiger partial charge on any atom is -0.324 e. The Hall–Kier alpha value is -1.32. The molecule has 2 rings (SSSR count). The number of aryl methyl sites for hydroxylation is 2. The largest absolute Gasteiger partial charge is 0.324 e. The smallest absolute Gasteiger partial charge is 0.131 e. The molecule has 0 spiro atoms. The lowest BCUT2D eigenvalue weighted by Gasteiger charge is -2.00. The molecule has 1 aromatic heterocycles. The van der Waals surface area contributed by atoms with Gasteiger partial charge in [0.05, 0.1) is 12.2 Å². The monoisotopic (exact) mass is 249 g/mol. The first-order valence-corrected chi connectivity index (χ1v) is 6.04. The Balaban J connectivity index is 2.09. The van der Waals surface area contributed by atoms with Crippen molar-refractivity contribution in [3.63, 3.8) is 0 Å². The van der Waals surface area contributed by atoms with Gasteiger partial charge in [-0.2, -0.15) is 0 Å². The number of benzene rings is 1. The topological polar surface area (TPSA) is 43.8 Å². The second kappa shape index (κ2) is 5.34. The molecule has 0 saturated carbocycles. The van der Waals surface area contributed by atoms with Crippen LogP contribution in [0, 0.1) is 0 Å². The van der Waals surface area contributed by atoms with Crippen LogP contribution < -0.4 is 5.73 Å². The molecule has 1 aromatic carbocycles. The highest BCUT2D eigenvalue weighted by molar-refractivity contribution is 6.30. The van der Waals surface area contributed by atoms with E-state index in [4.69, 9.17) is 17.3 Å². The summed E-state index contributed by atoms with van der Waals surface area (Å²) in [6, 6.07) is 10.3. The quantitative estimate of drug-likeness (QED) is 0.904. The van der Waals surface area contributed by atoms with Gasteiger partial charge in [0.1, 0.15) is 11.0 Å². The molecular formula is C13H16ClN3. The molecule has 0 aliphatic rings. The predicted molar refractivity (Wildman–Crippen MR) is 70.0 cm³/mol. The van der Waals surface area contributed by atoms with Crippen LogP contribution in [0.1, 0.15) is 17.1 Å². The standard InChI is InChI=1S/C13H16ClN3/c1-17-12(9-15)16-11(13(17)14)8-7-10-5-3-2-4-6-10/h2-6H,7-9,15H2,1H3. The molecule has 2 N–H and O–H groups in total. The van der Waals surface area contributed by atoms with Crippen molar-refractivity contribution in [2.45, 2.75) is 19.4 Å². The van der Waals surface area contributed by atoms with Crippen molar-refractivity contribution in [1.82, 2.24) is 9.55 Å². The molecule has 0 aliphatic heterocycles. The Labute approximate surface area is 106 Å². The lowest BCUT2D eigenvalue weighted by atomic mass is 10.1. The summed E-state index contributed by atoms with van der Waals surface area (Å²) in [5, 5.41) is 0.696. The number of hydrogen-bond acceptors (Lipinski definition) is 2. The van der Waals surface area contributed by atoms with Gasteiger partial charge in [0.2, 0.25) is 0 Å². The lowest BCUT2D eigenvalue weighted by Crippen LogP contribution is -2.04. The van der Waals surface area contributed by atoms with E-state index in [2.05, 4.69) is 17.1 Å². The fourth-order valence-electron chi connectivity index (χ4n) is 1.83. The fraction of sp³-hybridized carbons (Fsp3) is 0.308. The van der Waals surface area contributed by atoms with Gasteiger partial charge < -0.3 is 10.3 Å². The molecule has 0 fully saturated rings. The zero-order chi connectivity index (χ0) is 12.3. The summed E-state index contributed by atoms with van der Waals surface area (Å²) < 4.78 is 1.85. The van der Waals surface area contributed by atoms with E-state index in [-0.39, 0.29) is 0 Å². The minimum absolute atomic E-state index is 0.418. The summed E-state index contributed by atoms with van der Waals surface area (Å²) in [5.74, 6) is 0.832. The minimum atomic E-state index is 0.418. The second-order valence-corrected chi connectivity index (χ2v) is 4.37. The van der Waals surface area contributed by atoms with Crippen LogP contribution in [-0.2, 0) is 26.4 Å². The van der Waals surface area contributed by atoms with Gasteiger partial charge in [-0.3, -0.25) is 0 Å². The first kappa shape index (κ1) is 12.1. The predicted octanol–water partition coefficient (Wildman–Crippen LogP) is 2.32. The Bertz CT molecular complexity index is 491. The molecule has 0 aliphatic carbocycles. The van der Waals surface area contributed by atoms with E-state index in [1.807, 2.05) is 29.8 Å². The number of nitrogens with zero attached hydrogens (tertiary/aromatic N) is 2. The van der Waals surface area contributed by atoms with Crippen LogP contribution in [0.4, 0.5) is 0 Å². The van der Waals surface area contributed by atoms with Gasteiger partial charge in [-0.05, 0) is 18.4 Å². The van der Waals surface area contributed by atoms with Crippen molar-refractivity contribution in [3.8, 4) is 0 Å². The third-order valence-electron chi connectivity index (χ3n) is 2.86. The van der Waals surface area contributed by atoms with Crippen LogP contribution in [0.2, 0.25) is 5.15 Å². The fourth-order valence-corrected chi connectivity index (χ4v) is 2.07. The molecule has 0 saturated heterocycles. The Kier molecular flexibility index (Phi) is 3.82. The van der Waals surface area contributed by atoms with Crippen LogP contribution in [0.3, 0.4) is 0 Å². The van der Waals surface area contributed by atoms with E-state index in [0.717, 1.165) is 24.4 Å². The summed E-state index contributed by atoms with van der Waals surface area (Å²) in [6.07, 6.45) is 1.79. The number of hydrogen-bond donors (Lipinski definition) is 1. The second-order valence-electron chi connectivity index (χ2n) is 4.01.